The van der Waals surface area contributed by atoms with Crippen LogP contribution in [0.25, 0.3) is 0 Å². The van der Waals surface area contributed by atoms with E-state index in [4.69, 9.17) is 22.1 Å². The zero-order valence-corrected chi connectivity index (χ0v) is 13.4. The minimum absolute atomic E-state index is 0.0204. The zero-order chi connectivity index (χ0) is 14.9. The summed E-state index contributed by atoms with van der Waals surface area (Å²) in [5, 5.41) is 0.831. The van der Waals surface area contributed by atoms with Crippen LogP contribution in [0.1, 0.15) is 13.3 Å². The van der Waals surface area contributed by atoms with Gasteiger partial charge in [-0.1, -0.05) is 23.7 Å². The maximum Gasteiger partial charge on any atom is 0.0743 e. The lowest BCUT2D eigenvalue weighted by Gasteiger charge is -2.47. The molecule has 116 valence electrons. The van der Waals surface area contributed by atoms with Gasteiger partial charge in [-0.25, -0.2) is 0 Å². The van der Waals surface area contributed by atoms with Gasteiger partial charge in [0.05, 0.1) is 22.4 Å². The lowest BCUT2D eigenvalue weighted by molar-refractivity contribution is 0.0114. The van der Waals surface area contributed by atoms with Crippen LogP contribution in [-0.2, 0) is 4.74 Å². The minimum Gasteiger partial charge on any atom is -0.376 e. The maximum atomic E-state index is 6.30. The monoisotopic (exact) mass is 309 g/mol. The van der Waals surface area contributed by atoms with E-state index in [0.29, 0.717) is 6.54 Å². The standard InChI is InChI=1S/C16H24ClN3O/c1-13-16(12-18,6-11-21-13)20-9-7-19(8-10-20)15-5-3-2-4-14(15)17/h2-5,13H,6-12,18H2,1H3. The van der Waals surface area contributed by atoms with Crippen molar-refractivity contribution >= 4 is 17.3 Å². The summed E-state index contributed by atoms with van der Waals surface area (Å²) in [5.41, 5.74) is 7.26. The predicted octanol–water partition coefficient (Wildman–Crippen LogP) is 1.97. The van der Waals surface area contributed by atoms with Crippen LogP contribution < -0.4 is 10.6 Å². The van der Waals surface area contributed by atoms with E-state index in [9.17, 15) is 0 Å². The summed E-state index contributed by atoms with van der Waals surface area (Å²) >= 11 is 6.30. The number of rotatable bonds is 3. The Kier molecular flexibility index (Phi) is 4.41. The summed E-state index contributed by atoms with van der Waals surface area (Å²) < 4.78 is 5.79. The van der Waals surface area contributed by atoms with Gasteiger partial charge in [0.2, 0.25) is 0 Å². The van der Waals surface area contributed by atoms with E-state index in [2.05, 4.69) is 22.8 Å². The second-order valence-electron chi connectivity index (χ2n) is 6.00. The number of nitrogens with two attached hydrogens (primary N) is 1. The summed E-state index contributed by atoms with van der Waals surface area (Å²) in [5.74, 6) is 0. The third-order valence-corrected chi connectivity index (χ3v) is 5.44. The van der Waals surface area contributed by atoms with E-state index < -0.39 is 0 Å². The second kappa shape index (κ2) is 6.13. The van der Waals surface area contributed by atoms with E-state index in [1.807, 2.05) is 18.2 Å². The Morgan fingerprint density at radius 1 is 1.29 bits per heavy atom. The Bertz CT molecular complexity index is 490. The van der Waals surface area contributed by atoms with Crippen LogP contribution in [-0.4, -0.2) is 55.9 Å². The highest BCUT2D eigenvalue weighted by Crippen LogP contribution is 2.33. The molecule has 5 heteroatoms. The quantitative estimate of drug-likeness (QED) is 0.927. The van der Waals surface area contributed by atoms with Gasteiger partial charge < -0.3 is 15.4 Å². The summed E-state index contributed by atoms with van der Waals surface area (Å²) in [6.07, 6.45) is 1.26. The average molecular weight is 310 g/mol. The number of hydrogen-bond donors (Lipinski definition) is 1. The molecule has 21 heavy (non-hydrogen) atoms. The van der Waals surface area contributed by atoms with Crippen molar-refractivity contribution in [1.29, 1.82) is 0 Å². The Morgan fingerprint density at radius 3 is 2.57 bits per heavy atom. The minimum atomic E-state index is 0.0204. The lowest BCUT2D eigenvalue weighted by Crippen LogP contribution is -2.63. The first-order chi connectivity index (χ1) is 10.2. The van der Waals surface area contributed by atoms with Crippen LogP contribution in [0.2, 0.25) is 5.02 Å². The zero-order valence-electron chi connectivity index (χ0n) is 12.6. The van der Waals surface area contributed by atoms with Crippen LogP contribution >= 0.6 is 11.6 Å². The molecule has 2 fully saturated rings. The van der Waals surface area contributed by atoms with Gasteiger partial charge in [0.1, 0.15) is 0 Å². The SMILES string of the molecule is CC1OCCC1(CN)N1CCN(c2ccccc2Cl)CC1. The average Bonchev–Trinajstić information content (AvgIpc) is 2.90. The molecule has 0 amide bonds. The molecule has 0 spiro atoms. The summed E-state index contributed by atoms with van der Waals surface area (Å²) in [6.45, 7) is 7.63. The lowest BCUT2D eigenvalue weighted by atomic mass is 9.89. The summed E-state index contributed by atoms with van der Waals surface area (Å²) in [7, 11) is 0. The van der Waals surface area contributed by atoms with Crippen molar-refractivity contribution in [3.05, 3.63) is 29.3 Å². The van der Waals surface area contributed by atoms with Gasteiger partial charge in [-0.15, -0.1) is 0 Å². The number of ether oxygens (including phenoxy) is 1. The first kappa shape index (κ1) is 15.1. The van der Waals surface area contributed by atoms with Gasteiger partial charge in [-0.2, -0.15) is 0 Å². The summed E-state index contributed by atoms with van der Waals surface area (Å²) in [6, 6.07) is 8.07. The van der Waals surface area contributed by atoms with Crippen molar-refractivity contribution in [2.75, 3.05) is 44.2 Å². The first-order valence-corrected chi connectivity index (χ1v) is 8.11. The van der Waals surface area contributed by atoms with Crippen LogP contribution in [0, 0.1) is 0 Å². The molecule has 2 aliphatic rings. The molecule has 1 aromatic rings. The molecule has 0 radical (unpaired) electrons. The van der Waals surface area contributed by atoms with E-state index in [1.165, 1.54) is 0 Å². The van der Waals surface area contributed by atoms with E-state index in [1.54, 1.807) is 0 Å². The molecule has 2 aliphatic heterocycles. The maximum absolute atomic E-state index is 6.30. The number of hydrogen-bond acceptors (Lipinski definition) is 4. The molecular formula is C16H24ClN3O. The van der Waals surface area contributed by atoms with Crippen molar-refractivity contribution in [3.63, 3.8) is 0 Å². The van der Waals surface area contributed by atoms with E-state index in [-0.39, 0.29) is 11.6 Å². The third-order valence-electron chi connectivity index (χ3n) is 5.12. The van der Waals surface area contributed by atoms with Crippen molar-refractivity contribution in [1.82, 2.24) is 4.90 Å². The summed E-state index contributed by atoms with van der Waals surface area (Å²) in [4.78, 5) is 4.89. The van der Waals surface area contributed by atoms with Gasteiger partial charge in [-0.3, -0.25) is 4.90 Å². The Balaban J connectivity index is 1.69. The van der Waals surface area contributed by atoms with Gasteiger partial charge in [0.15, 0.2) is 0 Å². The fourth-order valence-electron chi connectivity index (χ4n) is 3.68. The smallest absolute Gasteiger partial charge is 0.0743 e. The molecule has 1 aromatic carbocycles. The number of para-hydroxylation sites is 1. The Hall–Kier alpha value is -0.810. The molecule has 3 rings (SSSR count). The van der Waals surface area contributed by atoms with Crippen LogP contribution in [0.5, 0.6) is 0 Å². The molecule has 0 aromatic heterocycles. The van der Waals surface area contributed by atoms with Crippen LogP contribution in [0.4, 0.5) is 5.69 Å². The van der Waals surface area contributed by atoms with E-state index >= 15 is 0 Å². The fourth-order valence-corrected chi connectivity index (χ4v) is 3.94. The van der Waals surface area contributed by atoms with Crippen LogP contribution in [0.3, 0.4) is 0 Å². The highest BCUT2D eigenvalue weighted by molar-refractivity contribution is 6.33. The number of benzene rings is 1. The van der Waals surface area contributed by atoms with Gasteiger partial charge in [0, 0.05) is 39.3 Å². The third kappa shape index (κ3) is 2.66. The largest absolute Gasteiger partial charge is 0.376 e. The second-order valence-corrected chi connectivity index (χ2v) is 6.40. The first-order valence-electron chi connectivity index (χ1n) is 7.73. The molecule has 0 aliphatic carbocycles. The Labute approximate surface area is 131 Å². The molecule has 2 saturated heterocycles. The van der Waals surface area contributed by atoms with Gasteiger partial charge in [0.25, 0.3) is 0 Å². The van der Waals surface area contributed by atoms with E-state index in [0.717, 1.165) is 49.9 Å². The van der Waals surface area contributed by atoms with Gasteiger partial charge in [-0.05, 0) is 25.5 Å². The normalized spacial score (nSPS) is 30.8. The van der Waals surface area contributed by atoms with Crippen molar-refractivity contribution in [2.45, 2.75) is 25.0 Å². The highest BCUT2D eigenvalue weighted by atomic mass is 35.5. The Morgan fingerprint density at radius 2 is 2.00 bits per heavy atom. The molecule has 2 unspecified atom stereocenters. The molecule has 0 saturated carbocycles. The molecule has 2 heterocycles. The molecule has 2 N–H and O–H groups in total. The van der Waals surface area contributed by atoms with Crippen LogP contribution in [0.15, 0.2) is 24.3 Å². The van der Waals surface area contributed by atoms with Crippen molar-refractivity contribution in [3.8, 4) is 0 Å². The molecule has 2 atom stereocenters. The van der Waals surface area contributed by atoms with Crippen molar-refractivity contribution in [2.24, 2.45) is 5.73 Å². The predicted molar refractivity (Wildman–Crippen MR) is 87.1 cm³/mol. The number of anilines is 1. The topological polar surface area (TPSA) is 41.7 Å². The fraction of sp³-hybridized carbons (Fsp3) is 0.625. The number of piperazine rings is 1. The molecular weight excluding hydrogens is 286 g/mol. The highest BCUT2D eigenvalue weighted by Gasteiger charge is 2.45. The molecule has 4 nitrogen and oxygen atoms in total. The van der Waals surface area contributed by atoms with Gasteiger partial charge >= 0.3 is 0 Å². The van der Waals surface area contributed by atoms with Crippen molar-refractivity contribution < 1.29 is 4.74 Å². The molecule has 0 bridgehead atoms. The number of halogens is 1. The number of nitrogens with zero attached hydrogens (tertiary/aromatic N) is 2.